The maximum atomic E-state index is 13.2. The number of nitrogens with zero attached hydrogens (tertiary/aromatic N) is 4. The summed E-state index contributed by atoms with van der Waals surface area (Å²) in [6.45, 7) is 4.10. The van der Waals surface area contributed by atoms with Gasteiger partial charge in [-0.25, -0.2) is 5.14 Å². The molecule has 1 aliphatic carbocycles. The lowest BCUT2D eigenvalue weighted by Crippen LogP contribution is -2.41. The van der Waals surface area contributed by atoms with Crippen molar-refractivity contribution in [1.29, 1.82) is 0 Å². The van der Waals surface area contributed by atoms with Crippen molar-refractivity contribution in [3.8, 4) is 11.5 Å². The van der Waals surface area contributed by atoms with E-state index in [1.165, 1.54) is 6.07 Å². The van der Waals surface area contributed by atoms with Gasteiger partial charge in [-0.15, -0.1) is 4.40 Å². The molecule has 3 heterocycles. The first-order valence-corrected chi connectivity index (χ1v) is 15.6. The predicted octanol–water partition coefficient (Wildman–Crippen LogP) is 3.06. The maximum Gasteiger partial charge on any atom is 0.318 e. The number of amidine groups is 1. The smallest absolute Gasteiger partial charge is 0.318 e. The third kappa shape index (κ3) is 6.22. The Labute approximate surface area is 237 Å². The van der Waals surface area contributed by atoms with Crippen LogP contribution in [0.5, 0.6) is 11.5 Å². The zero-order valence-electron chi connectivity index (χ0n) is 21.9. The van der Waals surface area contributed by atoms with E-state index in [-0.39, 0.29) is 35.2 Å². The first-order chi connectivity index (χ1) is 18.5. The molecule has 1 aromatic heterocycles. The molecule has 3 aliphatic rings. The minimum atomic E-state index is -3.94. The van der Waals surface area contributed by atoms with Crippen LogP contribution in [0.1, 0.15) is 60.9 Å². The van der Waals surface area contributed by atoms with Crippen molar-refractivity contribution in [2.45, 2.75) is 51.4 Å². The van der Waals surface area contributed by atoms with Crippen LogP contribution in [0.25, 0.3) is 0 Å². The Kier molecular flexibility index (Phi) is 7.89. The minimum Gasteiger partial charge on any atom is -0.508 e. The molecule has 0 bridgehead atoms. The first kappa shape index (κ1) is 27.9. The Morgan fingerprint density at radius 2 is 1.79 bits per heavy atom. The molecule has 1 amide bonds. The Balaban J connectivity index is 1.28. The van der Waals surface area contributed by atoms with Crippen molar-refractivity contribution in [2.75, 3.05) is 26.2 Å². The summed E-state index contributed by atoms with van der Waals surface area (Å²) in [6.07, 6.45) is 6.04. The molecular formula is C27H34BrN5O5S. The summed E-state index contributed by atoms with van der Waals surface area (Å²) in [5.74, 6) is 0.821. The number of rotatable bonds is 4. The van der Waals surface area contributed by atoms with Crippen molar-refractivity contribution in [3.63, 3.8) is 0 Å². The SMILES string of the molecule is C/C(=N\S(N)(=O)=O)N1CCC(CC(=O)N2CCC(C3c4ncc(Br)cc4CCc4cc(O)cc(O)c43)CC2)C1. The van der Waals surface area contributed by atoms with Crippen LogP contribution < -0.4 is 5.14 Å². The number of pyridine rings is 1. The third-order valence-corrected chi connectivity index (χ3v) is 9.25. The standard InChI is InChI=1S/C27H34BrN5O5S/c1-16(31-39(29,37)38)33-7-4-17(15-33)10-24(36)32-8-5-18(6-9-32)26-25-19(12-22(34)13-23(25)35)2-3-20-11-21(28)14-30-27(20)26/h11-14,17-18,26,34-35H,2-10,15H2,1H3,(H2,29,37,38)/b31-16+. The van der Waals surface area contributed by atoms with E-state index < -0.39 is 10.2 Å². The number of benzene rings is 1. The Bertz CT molecular complexity index is 1410. The molecule has 2 aliphatic heterocycles. The van der Waals surface area contributed by atoms with Crippen LogP contribution in [0, 0.1) is 11.8 Å². The highest BCUT2D eigenvalue weighted by molar-refractivity contribution is 9.10. The van der Waals surface area contributed by atoms with Gasteiger partial charge in [0.05, 0.1) is 5.69 Å². The molecule has 0 saturated carbocycles. The molecule has 2 fully saturated rings. The Morgan fingerprint density at radius 3 is 2.51 bits per heavy atom. The summed E-state index contributed by atoms with van der Waals surface area (Å²) in [7, 11) is -3.94. The number of likely N-dealkylation sites (tertiary alicyclic amines) is 2. The van der Waals surface area contributed by atoms with Gasteiger partial charge in [0.2, 0.25) is 5.91 Å². The predicted molar refractivity (Wildman–Crippen MR) is 151 cm³/mol. The highest BCUT2D eigenvalue weighted by Gasteiger charge is 2.37. The van der Waals surface area contributed by atoms with Crippen LogP contribution in [0.2, 0.25) is 0 Å². The van der Waals surface area contributed by atoms with Crippen LogP contribution in [-0.4, -0.2) is 71.3 Å². The van der Waals surface area contributed by atoms with E-state index >= 15 is 0 Å². The van der Waals surface area contributed by atoms with Gasteiger partial charge in [-0.1, -0.05) is 0 Å². The number of amides is 1. The third-order valence-electron chi connectivity index (χ3n) is 8.30. The summed E-state index contributed by atoms with van der Waals surface area (Å²) < 4.78 is 27.0. The Morgan fingerprint density at radius 1 is 1.10 bits per heavy atom. The van der Waals surface area contributed by atoms with Gasteiger partial charge in [0, 0.05) is 60.8 Å². The van der Waals surface area contributed by atoms with E-state index in [2.05, 4.69) is 26.4 Å². The molecule has 2 unspecified atom stereocenters. The molecule has 4 N–H and O–H groups in total. The fourth-order valence-electron chi connectivity index (χ4n) is 6.48. The molecule has 1 aromatic carbocycles. The maximum absolute atomic E-state index is 13.2. The molecule has 210 valence electrons. The minimum absolute atomic E-state index is 0.0575. The fourth-order valence-corrected chi connectivity index (χ4v) is 7.34. The first-order valence-electron chi connectivity index (χ1n) is 13.3. The largest absolute Gasteiger partial charge is 0.508 e. The molecule has 0 radical (unpaired) electrons. The van der Waals surface area contributed by atoms with Gasteiger partial charge in [0.25, 0.3) is 0 Å². The molecule has 2 aromatic rings. The van der Waals surface area contributed by atoms with E-state index in [0.29, 0.717) is 44.9 Å². The zero-order chi connectivity index (χ0) is 27.9. The molecule has 10 nitrogen and oxygen atoms in total. The molecule has 0 spiro atoms. The van der Waals surface area contributed by atoms with Crippen molar-refractivity contribution < 1.29 is 23.4 Å². The normalized spacial score (nSPS) is 22.4. The second-order valence-electron chi connectivity index (χ2n) is 10.9. The number of aromatic hydroxyl groups is 2. The van der Waals surface area contributed by atoms with Gasteiger partial charge in [-0.3, -0.25) is 9.78 Å². The van der Waals surface area contributed by atoms with Gasteiger partial charge in [-0.2, -0.15) is 8.42 Å². The number of piperidine rings is 1. The fraction of sp³-hybridized carbons (Fsp3) is 0.519. The van der Waals surface area contributed by atoms with Crippen LogP contribution >= 0.6 is 15.9 Å². The van der Waals surface area contributed by atoms with E-state index in [4.69, 9.17) is 10.1 Å². The van der Waals surface area contributed by atoms with Gasteiger partial charge in [0.1, 0.15) is 17.3 Å². The number of phenols is 2. The summed E-state index contributed by atoms with van der Waals surface area (Å²) >= 11 is 3.54. The van der Waals surface area contributed by atoms with Gasteiger partial charge in [-0.05, 0) is 90.1 Å². The number of hydrogen-bond donors (Lipinski definition) is 3. The molecule has 12 heteroatoms. The second-order valence-corrected chi connectivity index (χ2v) is 13.0. The summed E-state index contributed by atoms with van der Waals surface area (Å²) in [5, 5.41) is 26.1. The van der Waals surface area contributed by atoms with E-state index in [1.807, 2.05) is 9.80 Å². The second kappa shape index (κ2) is 11.1. The highest BCUT2D eigenvalue weighted by Crippen LogP contribution is 2.47. The van der Waals surface area contributed by atoms with Crippen LogP contribution in [0.4, 0.5) is 0 Å². The van der Waals surface area contributed by atoms with Crippen molar-refractivity contribution in [1.82, 2.24) is 14.8 Å². The van der Waals surface area contributed by atoms with Crippen LogP contribution in [-0.2, 0) is 27.8 Å². The average Bonchev–Trinajstić information content (AvgIpc) is 3.26. The Hall–Kier alpha value is -2.70. The number of hydrogen-bond acceptors (Lipinski definition) is 6. The molecule has 5 rings (SSSR count). The molecule has 2 saturated heterocycles. The van der Waals surface area contributed by atoms with Crippen molar-refractivity contribution >= 4 is 37.9 Å². The summed E-state index contributed by atoms with van der Waals surface area (Å²) in [4.78, 5) is 21.8. The number of carbonyl (C=O) groups is 1. The zero-order valence-corrected chi connectivity index (χ0v) is 24.3. The van der Waals surface area contributed by atoms with E-state index in [9.17, 15) is 23.4 Å². The molecule has 2 atom stereocenters. The van der Waals surface area contributed by atoms with Gasteiger partial charge >= 0.3 is 10.2 Å². The average molecular weight is 621 g/mol. The summed E-state index contributed by atoms with van der Waals surface area (Å²) in [6, 6.07) is 5.26. The van der Waals surface area contributed by atoms with E-state index in [1.54, 1.807) is 19.2 Å². The number of carbonyl (C=O) groups excluding carboxylic acids is 1. The lowest BCUT2D eigenvalue weighted by Gasteiger charge is -2.37. The quantitative estimate of drug-likeness (QED) is 0.351. The number of aryl methyl sites for hydroxylation is 2. The lowest BCUT2D eigenvalue weighted by molar-refractivity contribution is -0.133. The lowest BCUT2D eigenvalue weighted by atomic mass is 9.76. The number of aromatic nitrogens is 1. The van der Waals surface area contributed by atoms with Crippen molar-refractivity contribution in [3.05, 3.63) is 51.3 Å². The summed E-state index contributed by atoms with van der Waals surface area (Å²) in [5.41, 5.74) is 3.88. The number of halogens is 1. The highest BCUT2D eigenvalue weighted by atomic mass is 79.9. The van der Waals surface area contributed by atoms with E-state index in [0.717, 1.165) is 52.5 Å². The van der Waals surface area contributed by atoms with Gasteiger partial charge < -0.3 is 20.0 Å². The van der Waals surface area contributed by atoms with Gasteiger partial charge in [0.15, 0.2) is 0 Å². The topological polar surface area (TPSA) is 149 Å². The number of phenolic OH excluding ortho intramolecular Hbond substituents is 2. The molecule has 39 heavy (non-hydrogen) atoms. The van der Waals surface area contributed by atoms with Crippen LogP contribution in [0.15, 0.2) is 33.3 Å². The van der Waals surface area contributed by atoms with Crippen LogP contribution in [0.3, 0.4) is 0 Å². The monoisotopic (exact) mass is 619 g/mol. The number of nitrogens with two attached hydrogens (primary N) is 1. The number of fused-ring (bicyclic) bond motifs is 2. The molecular weight excluding hydrogens is 586 g/mol. The van der Waals surface area contributed by atoms with Crippen molar-refractivity contribution in [2.24, 2.45) is 21.4 Å².